The lowest BCUT2D eigenvalue weighted by Gasteiger charge is -2.31. The summed E-state index contributed by atoms with van der Waals surface area (Å²) in [7, 11) is 0. The first-order valence-electron chi connectivity index (χ1n) is 8.91. The number of nitrogens with two attached hydrogens (primary N) is 1. The number of benzene rings is 2. The van der Waals surface area contributed by atoms with Crippen LogP contribution in [0.25, 0.3) is 10.2 Å². The van der Waals surface area contributed by atoms with Gasteiger partial charge in [0.15, 0.2) is 5.13 Å². The number of hydrogen-bond donors (Lipinski definition) is 2. The summed E-state index contributed by atoms with van der Waals surface area (Å²) >= 11 is 1.67. The molecule has 6 nitrogen and oxygen atoms in total. The minimum atomic E-state index is -0.480. The maximum atomic E-state index is 12.7. The third kappa shape index (κ3) is 3.78. The molecule has 1 aromatic heterocycles. The first-order valence-corrected chi connectivity index (χ1v) is 9.73. The molecule has 3 N–H and O–H groups in total. The highest BCUT2D eigenvalue weighted by Gasteiger charge is 2.27. The molecule has 1 saturated heterocycles. The van der Waals surface area contributed by atoms with Crippen molar-refractivity contribution in [2.45, 2.75) is 12.8 Å². The maximum absolute atomic E-state index is 12.7. The zero-order valence-electron chi connectivity index (χ0n) is 14.7. The van der Waals surface area contributed by atoms with Crippen molar-refractivity contribution in [2.24, 2.45) is 11.7 Å². The fourth-order valence-electron chi connectivity index (χ4n) is 3.32. The van der Waals surface area contributed by atoms with Gasteiger partial charge in [0.2, 0.25) is 11.8 Å². The van der Waals surface area contributed by atoms with E-state index in [1.807, 2.05) is 18.2 Å². The molecule has 1 aliphatic rings. The van der Waals surface area contributed by atoms with E-state index in [9.17, 15) is 9.59 Å². The van der Waals surface area contributed by atoms with E-state index < -0.39 is 5.91 Å². The number of primary amides is 1. The van der Waals surface area contributed by atoms with Gasteiger partial charge in [-0.25, -0.2) is 4.98 Å². The minimum Gasteiger partial charge on any atom is -0.366 e. The van der Waals surface area contributed by atoms with Gasteiger partial charge < -0.3 is 16.0 Å². The first-order chi connectivity index (χ1) is 13.1. The predicted molar refractivity (Wildman–Crippen MR) is 108 cm³/mol. The Kier molecular flexibility index (Phi) is 4.77. The Morgan fingerprint density at radius 2 is 1.93 bits per heavy atom. The van der Waals surface area contributed by atoms with E-state index in [2.05, 4.69) is 16.3 Å². The molecule has 4 rings (SSSR count). The zero-order valence-corrected chi connectivity index (χ0v) is 15.5. The molecule has 27 heavy (non-hydrogen) atoms. The summed E-state index contributed by atoms with van der Waals surface area (Å²) in [6.45, 7) is 1.57. The molecule has 0 radical (unpaired) electrons. The van der Waals surface area contributed by atoms with Gasteiger partial charge in [0.25, 0.3) is 0 Å². The van der Waals surface area contributed by atoms with Gasteiger partial charge in [-0.2, -0.15) is 0 Å². The number of fused-ring (bicyclic) bond motifs is 1. The number of para-hydroxylation sites is 1. The van der Waals surface area contributed by atoms with Crippen molar-refractivity contribution < 1.29 is 9.59 Å². The fraction of sp³-hybridized carbons (Fsp3) is 0.250. The van der Waals surface area contributed by atoms with Gasteiger partial charge in [-0.05, 0) is 49.2 Å². The number of carbonyl (C=O) groups excluding carboxylic acids is 2. The van der Waals surface area contributed by atoms with E-state index in [1.165, 1.54) is 0 Å². The smallest absolute Gasteiger partial charge is 0.248 e. The molecule has 0 bridgehead atoms. The quantitative estimate of drug-likeness (QED) is 0.727. The number of amides is 2. The fourth-order valence-corrected chi connectivity index (χ4v) is 4.32. The van der Waals surface area contributed by atoms with E-state index in [1.54, 1.807) is 35.6 Å². The molecule has 7 heteroatoms. The Morgan fingerprint density at radius 1 is 1.15 bits per heavy atom. The van der Waals surface area contributed by atoms with Crippen molar-refractivity contribution in [3.63, 3.8) is 0 Å². The Hall–Kier alpha value is -2.93. The summed E-state index contributed by atoms with van der Waals surface area (Å²) in [5, 5.41) is 3.91. The largest absolute Gasteiger partial charge is 0.366 e. The summed E-state index contributed by atoms with van der Waals surface area (Å²) in [4.78, 5) is 30.7. The summed E-state index contributed by atoms with van der Waals surface area (Å²) in [6, 6.07) is 14.7. The summed E-state index contributed by atoms with van der Waals surface area (Å²) < 4.78 is 1.16. The average Bonchev–Trinajstić information content (AvgIpc) is 3.13. The molecule has 1 atom stereocenters. The van der Waals surface area contributed by atoms with Gasteiger partial charge in [-0.3, -0.25) is 9.59 Å². The molecule has 1 unspecified atom stereocenters. The molecular formula is C20H20N4O2S. The Bertz CT molecular complexity index is 950. The number of nitrogens with zero attached hydrogens (tertiary/aromatic N) is 2. The molecule has 0 saturated carbocycles. The van der Waals surface area contributed by atoms with Gasteiger partial charge in [-0.1, -0.05) is 23.5 Å². The number of rotatable bonds is 4. The number of anilines is 2. The average molecular weight is 380 g/mol. The molecule has 3 aromatic rings. The van der Waals surface area contributed by atoms with Crippen LogP contribution in [0.2, 0.25) is 0 Å². The van der Waals surface area contributed by atoms with E-state index in [4.69, 9.17) is 10.7 Å². The lowest BCUT2D eigenvalue weighted by Crippen LogP contribution is -2.40. The highest BCUT2D eigenvalue weighted by molar-refractivity contribution is 7.22. The van der Waals surface area contributed by atoms with Crippen LogP contribution < -0.4 is 16.0 Å². The molecule has 138 valence electrons. The van der Waals surface area contributed by atoms with E-state index >= 15 is 0 Å². The zero-order chi connectivity index (χ0) is 18.8. The number of thiazole rings is 1. The van der Waals surface area contributed by atoms with Crippen LogP contribution in [0.1, 0.15) is 23.2 Å². The molecule has 2 heterocycles. The van der Waals surface area contributed by atoms with Gasteiger partial charge in [0, 0.05) is 24.3 Å². The highest BCUT2D eigenvalue weighted by atomic mass is 32.1. The number of piperidine rings is 1. The number of aromatic nitrogens is 1. The van der Waals surface area contributed by atoms with Crippen LogP contribution in [0.4, 0.5) is 10.8 Å². The molecular weight excluding hydrogens is 360 g/mol. The first kappa shape index (κ1) is 17.5. The SMILES string of the molecule is NC(=O)c1ccc(NC(=O)C2CCCN(c3nc4ccccc4s3)C2)cc1. The lowest BCUT2D eigenvalue weighted by molar-refractivity contribution is -0.120. The molecule has 0 spiro atoms. The Balaban J connectivity index is 1.44. The highest BCUT2D eigenvalue weighted by Crippen LogP contribution is 2.31. The number of nitrogens with one attached hydrogen (secondary N) is 1. The molecule has 1 aliphatic heterocycles. The standard InChI is InChI=1S/C20H20N4O2S/c21-18(25)13-7-9-15(10-8-13)22-19(26)14-4-3-11-24(12-14)20-23-16-5-1-2-6-17(16)27-20/h1-2,5-10,14H,3-4,11-12H2,(H2,21,25)(H,22,26). The van der Waals surface area contributed by atoms with Crippen LogP contribution in [0.15, 0.2) is 48.5 Å². The number of hydrogen-bond acceptors (Lipinski definition) is 5. The van der Waals surface area contributed by atoms with Crippen LogP contribution in [0.5, 0.6) is 0 Å². The normalized spacial score (nSPS) is 17.0. The van der Waals surface area contributed by atoms with Gasteiger partial charge in [-0.15, -0.1) is 0 Å². The topological polar surface area (TPSA) is 88.3 Å². The summed E-state index contributed by atoms with van der Waals surface area (Å²) in [5.41, 5.74) is 7.33. The van der Waals surface area contributed by atoms with Gasteiger partial charge >= 0.3 is 0 Å². The summed E-state index contributed by atoms with van der Waals surface area (Å²) in [6.07, 6.45) is 1.81. The van der Waals surface area contributed by atoms with Gasteiger partial charge in [0.05, 0.1) is 16.1 Å². The van der Waals surface area contributed by atoms with Crippen molar-refractivity contribution in [3.05, 3.63) is 54.1 Å². The Morgan fingerprint density at radius 3 is 2.67 bits per heavy atom. The van der Waals surface area contributed by atoms with Crippen LogP contribution in [-0.2, 0) is 4.79 Å². The molecule has 2 amide bonds. The van der Waals surface area contributed by atoms with Crippen molar-refractivity contribution >= 4 is 44.2 Å². The molecule has 2 aromatic carbocycles. The van der Waals surface area contributed by atoms with Crippen molar-refractivity contribution in [3.8, 4) is 0 Å². The van der Waals surface area contributed by atoms with E-state index in [0.717, 1.165) is 34.7 Å². The third-order valence-corrected chi connectivity index (χ3v) is 5.88. The molecule has 1 fully saturated rings. The second kappa shape index (κ2) is 7.36. The van der Waals surface area contributed by atoms with Crippen LogP contribution in [0.3, 0.4) is 0 Å². The van der Waals surface area contributed by atoms with Gasteiger partial charge in [0.1, 0.15) is 0 Å². The van der Waals surface area contributed by atoms with Crippen LogP contribution in [-0.4, -0.2) is 29.9 Å². The Labute approximate surface area is 161 Å². The second-order valence-electron chi connectivity index (χ2n) is 6.68. The van der Waals surface area contributed by atoms with Crippen molar-refractivity contribution in [1.82, 2.24) is 4.98 Å². The van der Waals surface area contributed by atoms with E-state index in [0.29, 0.717) is 17.8 Å². The number of carbonyl (C=O) groups is 2. The monoisotopic (exact) mass is 380 g/mol. The maximum Gasteiger partial charge on any atom is 0.248 e. The van der Waals surface area contributed by atoms with Crippen molar-refractivity contribution in [1.29, 1.82) is 0 Å². The third-order valence-electron chi connectivity index (χ3n) is 4.78. The predicted octanol–water partition coefficient (Wildman–Crippen LogP) is 3.25. The van der Waals surface area contributed by atoms with Crippen LogP contribution in [0, 0.1) is 5.92 Å². The van der Waals surface area contributed by atoms with Crippen molar-refractivity contribution in [2.75, 3.05) is 23.3 Å². The van der Waals surface area contributed by atoms with E-state index in [-0.39, 0.29) is 11.8 Å². The molecule has 0 aliphatic carbocycles. The minimum absolute atomic E-state index is 0.00682. The lowest BCUT2D eigenvalue weighted by atomic mass is 9.97. The second-order valence-corrected chi connectivity index (χ2v) is 7.69. The van der Waals surface area contributed by atoms with Crippen LogP contribution >= 0.6 is 11.3 Å². The summed E-state index contributed by atoms with van der Waals surface area (Å²) in [5.74, 6) is -0.583.